The van der Waals surface area contributed by atoms with E-state index in [0.29, 0.717) is 21.4 Å². The van der Waals surface area contributed by atoms with E-state index >= 15 is 0 Å². The van der Waals surface area contributed by atoms with Crippen molar-refractivity contribution in [1.29, 1.82) is 0 Å². The van der Waals surface area contributed by atoms with E-state index in [1.807, 2.05) is 41.8 Å². The van der Waals surface area contributed by atoms with Crippen molar-refractivity contribution in [3.05, 3.63) is 68.4 Å². The number of thiazole rings is 1. The van der Waals surface area contributed by atoms with Gasteiger partial charge in [-0.15, -0.1) is 6.42 Å². The van der Waals surface area contributed by atoms with Gasteiger partial charge in [-0.1, -0.05) is 58.7 Å². The highest BCUT2D eigenvalue weighted by Crippen LogP contribution is 2.27. The number of benzene rings is 2. The van der Waals surface area contributed by atoms with Gasteiger partial charge < -0.3 is 4.57 Å². The highest BCUT2D eigenvalue weighted by atomic mass is 35.5. The summed E-state index contributed by atoms with van der Waals surface area (Å²) in [6, 6.07) is 11.0. The molecule has 0 saturated heterocycles. The molecule has 0 atom stereocenters. The van der Waals surface area contributed by atoms with E-state index in [2.05, 4.69) is 10.9 Å². The summed E-state index contributed by atoms with van der Waals surface area (Å²) >= 11 is 13.7. The second kappa shape index (κ2) is 7.92. The number of aromatic nitrogens is 1. The highest BCUT2D eigenvalue weighted by Gasteiger charge is 2.11. The first kappa shape index (κ1) is 18.5. The van der Waals surface area contributed by atoms with Crippen molar-refractivity contribution in [2.45, 2.75) is 13.5 Å². The summed E-state index contributed by atoms with van der Waals surface area (Å²) in [5, 5.41) is 1.23. The lowest BCUT2D eigenvalue weighted by molar-refractivity contribution is -0.113. The minimum absolute atomic E-state index is 0.307. The smallest absolute Gasteiger partial charge is 0.272 e. The summed E-state index contributed by atoms with van der Waals surface area (Å²) in [5.74, 6) is 2.22. The molecule has 0 saturated carbocycles. The van der Waals surface area contributed by atoms with E-state index in [-0.39, 0.29) is 5.91 Å². The van der Waals surface area contributed by atoms with Gasteiger partial charge >= 0.3 is 0 Å². The summed E-state index contributed by atoms with van der Waals surface area (Å²) in [4.78, 5) is 17.0. The van der Waals surface area contributed by atoms with Crippen LogP contribution in [0.3, 0.4) is 0 Å². The van der Waals surface area contributed by atoms with Crippen LogP contribution in [0.4, 0.5) is 0 Å². The van der Waals surface area contributed by atoms with Gasteiger partial charge in [-0.3, -0.25) is 4.79 Å². The summed E-state index contributed by atoms with van der Waals surface area (Å²) in [6.45, 7) is 2.23. The molecule has 2 aromatic carbocycles. The van der Waals surface area contributed by atoms with Crippen molar-refractivity contribution >= 4 is 56.7 Å². The largest absolute Gasteiger partial charge is 0.304 e. The van der Waals surface area contributed by atoms with Crippen LogP contribution in [0.2, 0.25) is 10.0 Å². The number of hydrogen-bond acceptors (Lipinski definition) is 2. The molecule has 0 aliphatic carbocycles. The van der Waals surface area contributed by atoms with Gasteiger partial charge in [0.05, 0.1) is 16.8 Å². The first-order valence-corrected chi connectivity index (χ1v) is 9.31. The predicted molar refractivity (Wildman–Crippen MR) is 109 cm³/mol. The van der Waals surface area contributed by atoms with E-state index in [1.165, 1.54) is 17.4 Å². The number of hydrogen-bond donors (Lipinski definition) is 0. The number of carbonyl (C=O) groups excluding carboxylic acids is 1. The molecule has 0 N–H and O–H groups in total. The van der Waals surface area contributed by atoms with Crippen LogP contribution in [0.15, 0.2) is 47.5 Å². The Bertz CT molecular complexity index is 1130. The first-order valence-electron chi connectivity index (χ1n) is 7.74. The van der Waals surface area contributed by atoms with Gasteiger partial charge in [-0.05, 0) is 42.3 Å². The topological polar surface area (TPSA) is 34.4 Å². The van der Waals surface area contributed by atoms with Crippen LogP contribution in [-0.4, -0.2) is 10.5 Å². The molecule has 0 aliphatic heterocycles. The molecule has 0 bridgehead atoms. The summed E-state index contributed by atoms with van der Waals surface area (Å²) in [7, 11) is 0. The van der Waals surface area contributed by atoms with E-state index < -0.39 is 0 Å². The van der Waals surface area contributed by atoms with Crippen molar-refractivity contribution in [2.24, 2.45) is 4.99 Å². The predicted octanol–water partition coefficient (Wildman–Crippen LogP) is 5.09. The zero-order valence-electron chi connectivity index (χ0n) is 13.9. The third-order valence-corrected chi connectivity index (χ3v) is 5.59. The van der Waals surface area contributed by atoms with Crippen molar-refractivity contribution in [1.82, 2.24) is 4.57 Å². The van der Waals surface area contributed by atoms with Crippen LogP contribution < -0.4 is 4.80 Å². The maximum atomic E-state index is 12.3. The molecular weight excluding hydrogens is 387 g/mol. The Morgan fingerprint density at radius 1 is 1.27 bits per heavy atom. The zero-order chi connectivity index (χ0) is 18.7. The SMILES string of the molecule is C#CCn1c(=NC(=O)/C=C/c2ccccc2Cl)sc2ccc(Cl)c(C)c21. The number of halogens is 2. The van der Waals surface area contributed by atoms with Gasteiger partial charge in [0.1, 0.15) is 0 Å². The van der Waals surface area contributed by atoms with Crippen LogP contribution in [0.1, 0.15) is 11.1 Å². The molecule has 3 rings (SSSR count). The van der Waals surface area contributed by atoms with Crippen LogP contribution >= 0.6 is 34.5 Å². The van der Waals surface area contributed by atoms with Gasteiger partial charge in [0.15, 0.2) is 4.80 Å². The van der Waals surface area contributed by atoms with Crippen LogP contribution in [0.25, 0.3) is 16.3 Å². The Kier molecular flexibility index (Phi) is 5.63. The zero-order valence-corrected chi connectivity index (χ0v) is 16.2. The molecule has 1 amide bonds. The van der Waals surface area contributed by atoms with Gasteiger partial charge in [0.2, 0.25) is 0 Å². The average Bonchev–Trinajstić information content (AvgIpc) is 2.96. The third-order valence-electron chi connectivity index (χ3n) is 3.80. The Labute approximate surface area is 165 Å². The summed E-state index contributed by atoms with van der Waals surface area (Å²) in [6.07, 6.45) is 8.54. The summed E-state index contributed by atoms with van der Waals surface area (Å²) < 4.78 is 2.81. The van der Waals surface area contributed by atoms with Gasteiger partial charge in [-0.2, -0.15) is 4.99 Å². The molecule has 6 heteroatoms. The van der Waals surface area contributed by atoms with Crippen molar-refractivity contribution in [2.75, 3.05) is 0 Å². The number of carbonyl (C=O) groups is 1. The minimum Gasteiger partial charge on any atom is -0.304 e. The Balaban J connectivity index is 2.05. The molecule has 0 aliphatic rings. The molecule has 3 nitrogen and oxygen atoms in total. The standard InChI is InChI=1S/C20H14Cl2N2OS/c1-3-12-24-19-13(2)15(21)9-10-17(19)26-20(24)23-18(25)11-8-14-6-4-5-7-16(14)22/h1,4-11H,12H2,2H3/b11-8+,23-20?. The van der Waals surface area contributed by atoms with E-state index in [4.69, 9.17) is 29.6 Å². The van der Waals surface area contributed by atoms with Crippen LogP contribution in [0, 0.1) is 19.3 Å². The highest BCUT2D eigenvalue weighted by molar-refractivity contribution is 7.16. The van der Waals surface area contributed by atoms with E-state index in [1.54, 1.807) is 12.1 Å². The fraction of sp³-hybridized carbons (Fsp3) is 0.100. The fourth-order valence-corrected chi connectivity index (χ4v) is 3.99. The Morgan fingerprint density at radius 3 is 2.77 bits per heavy atom. The number of terminal acetylenes is 1. The number of amides is 1. The molecule has 0 spiro atoms. The van der Waals surface area contributed by atoms with E-state index in [0.717, 1.165) is 21.3 Å². The third kappa shape index (κ3) is 3.76. The molecule has 0 unspecified atom stereocenters. The van der Waals surface area contributed by atoms with Crippen LogP contribution in [0.5, 0.6) is 0 Å². The second-order valence-electron chi connectivity index (χ2n) is 5.50. The van der Waals surface area contributed by atoms with Crippen LogP contribution in [-0.2, 0) is 11.3 Å². The number of aryl methyl sites for hydroxylation is 1. The maximum absolute atomic E-state index is 12.3. The molecule has 1 heterocycles. The normalized spacial score (nSPS) is 12.0. The lowest BCUT2D eigenvalue weighted by atomic mass is 10.2. The fourth-order valence-electron chi connectivity index (χ4n) is 2.54. The first-order chi connectivity index (χ1) is 12.5. The number of nitrogens with zero attached hydrogens (tertiary/aromatic N) is 2. The Morgan fingerprint density at radius 2 is 2.04 bits per heavy atom. The second-order valence-corrected chi connectivity index (χ2v) is 7.32. The van der Waals surface area contributed by atoms with Crippen molar-refractivity contribution in [3.63, 3.8) is 0 Å². The molecule has 26 heavy (non-hydrogen) atoms. The van der Waals surface area contributed by atoms with E-state index in [9.17, 15) is 4.79 Å². The van der Waals surface area contributed by atoms with Gasteiger partial charge in [0, 0.05) is 16.1 Å². The summed E-state index contributed by atoms with van der Waals surface area (Å²) in [5.41, 5.74) is 2.58. The minimum atomic E-state index is -0.383. The van der Waals surface area contributed by atoms with Gasteiger partial charge in [0.25, 0.3) is 5.91 Å². The quantitative estimate of drug-likeness (QED) is 0.445. The molecule has 3 aromatic rings. The molecule has 0 radical (unpaired) electrons. The van der Waals surface area contributed by atoms with Gasteiger partial charge in [-0.25, -0.2) is 0 Å². The lowest BCUT2D eigenvalue weighted by Crippen LogP contribution is -2.16. The number of rotatable bonds is 3. The lowest BCUT2D eigenvalue weighted by Gasteiger charge is -2.04. The van der Waals surface area contributed by atoms with Crippen molar-refractivity contribution < 1.29 is 4.79 Å². The van der Waals surface area contributed by atoms with Crippen molar-refractivity contribution in [3.8, 4) is 12.3 Å². The molecule has 1 aromatic heterocycles. The Hall–Kier alpha value is -2.32. The molecule has 0 fully saturated rings. The molecular formula is C20H14Cl2N2OS. The maximum Gasteiger partial charge on any atom is 0.272 e. The average molecular weight is 401 g/mol. The molecule has 130 valence electrons. The number of fused-ring (bicyclic) bond motifs is 1. The monoisotopic (exact) mass is 400 g/mol.